The zero-order valence-electron chi connectivity index (χ0n) is 11.2. The van der Waals surface area contributed by atoms with E-state index in [0.717, 1.165) is 27.8 Å². The predicted octanol–water partition coefficient (Wildman–Crippen LogP) is 4.62. The van der Waals surface area contributed by atoms with E-state index in [2.05, 4.69) is 26.2 Å². The number of aryl methyl sites for hydroxylation is 2. The van der Waals surface area contributed by atoms with Gasteiger partial charge >= 0.3 is 0 Å². The van der Waals surface area contributed by atoms with E-state index >= 15 is 0 Å². The molecule has 1 aromatic heterocycles. The molecule has 0 saturated carbocycles. The number of nitrogens with zero attached hydrogens (tertiary/aromatic N) is 1. The molecule has 2 rings (SSSR count). The van der Waals surface area contributed by atoms with E-state index in [9.17, 15) is 4.79 Å². The van der Waals surface area contributed by atoms with Gasteiger partial charge in [-0.1, -0.05) is 40.5 Å². The average molecular weight is 354 g/mol. The highest BCUT2D eigenvalue weighted by Gasteiger charge is 2.09. The normalized spacial score (nSPS) is 10.4. The lowest BCUT2D eigenvalue weighted by atomic mass is 10.1. The predicted molar refractivity (Wildman–Crippen MR) is 85.5 cm³/mol. The smallest absolute Gasteiger partial charge is 0.255 e. The Morgan fingerprint density at radius 2 is 2.10 bits per heavy atom. The summed E-state index contributed by atoms with van der Waals surface area (Å²) in [5.74, 6) is -0.195. The summed E-state index contributed by atoms with van der Waals surface area (Å²) < 4.78 is 0.956. The molecule has 0 aliphatic heterocycles. The molecule has 0 radical (unpaired) electrons. The number of anilines is 1. The van der Waals surface area contributed by atoms with Crippen LogP contribution in [0.3, 0.4) is 0 Å². The maximum absolute atomic E-state index is 12.2. The number of rotatable bonds is 3. The molecule has 0 aliphatic carbocycles. The van der Waals surface area contributed by atoms with Gasteiger partial charge in [-0.05, 0) is 43.2 Å². The number of pyridine rings is 1. The summed E-state index contributed by atoms with van der Waals surface area (Å²) in [4.78, 5) is 16.4. The number of hydrogen-bond donors (Lipinski definition) is 1. The van der Waals surface area contributed by atoms with Gasteiger partial charge in [-0.3, -0.25) is 4.79 Å². The lowest BCUT2D eigenvalue weighted by molar-refractivity contribution is 0.102. The number of benzene rings is 1. The molecular formula is C15H14BrClN2O. The van der Waals surface area contributed by atoms with Gasteiger partial charge in [0.25, 0.3) is 5.91 Å². The van der Waals surface area contributed by atoms with Crippen molar-refractivity contribution in [2.24, 2.45) is 0 Å². The lowest BCUT2D eigenvalue weighted by Gasteiger charge is -2.08. The third kappa shape index (κ3) is 3.58. The van der Waals surface area contributed by atoms with Crippen LogP contribution in [0, 0.1) is 6.92 Å². The van der Waals surface area contributed by atoms with E-state index in [1.165, 1.54) is 0 Å². The van der Waals surface area contributed by atoms with Crippen molar-refractivity contribution in [3.8, 4) is 0 Å². The second kappa shape index (κ2) is 6.37. The van der Waals surface area contributed by atoms with E-state index in [4.69, 9.17) is 11.6 Å². The van der Waals surface area contributed by atoms with Gasteiger partial charge < -0.3 is 5.32 Å². The van der Waals surface area contributed by atoms with E-state index in [1.807, 2.05) is 32.0 Å². The Balaban J connectivity index is 2.23. The van der Waals surface area contributed by atoms with Crippen molar-refractivity contribution in [3.63, 3.8) is 0 Å². The molecule has 0 aliphatic rings. The second-order valence-electron chi connectivity index (χ2n) is 4.44. The molecule has 2 aromatic rings. The molecule has 0 saturated heterocycles. The van der Waals surface area contributed by atoms with Crippen molar-refractivity contribution in [1.29, 1.82) is 0 Å². The summed E-state index contributed by atoms with van der Waals surface area (Å²) >= 11 is 9.37. The van der Waals surface area contributed by atoms with Crippen LogP contribution < -0.4 is 5.32 Å². The minimum atomic E-state index is -0.195. The quantitative estimate of drug-likeness (QED) is 0.818. The monoisotopic (exact) mass is 352 g/mol. The molecule has 3 nitrogen and oxygen atoms in total. The second-order valence-corrected chi connectivity index (χ2v) is 5.68. The van der Waals surface area contributed by atoms with Crippen molar-refractivity contribution in [2.75, 3.05) is 5.32 Å². The Labute approximate surface area is 131 Å². The molecule has 104 valence electrons. The van der Waals surface area contributed by atoms with Gasteiger partial charge in [0.2, 0.25) is 0 Å². The summed E-state index contributed by atoms with van der Waals surface area (Å²) in [6, 6.07) is 9.00. The van der Waals surface area contributed by atoms with Crippen LogP contribution in [0.2, 0.25) is 5.15 Å². The Morgan fingerprint density at radius 3 is 2.75 bits per heavy atom. The summed E-state index contributed by atoms with van der Waals surface area (Å²) in [5, 5.41) is 3.18. The van der Waals surface area contributed by atoms with Crippen LogP contribution in [-0.2, 0) is 6.42 Å². The fraction of sp³-hybridized carbons (Fsp3) is 0.200. The molecular weight excluding hydrogens is 340 g/mol. The largest absolute Gasteiger partial charge is 0.322 e. The minimum Gasteiger partial charge on any atom is -0.322 e. The summed E-state index contributed by atoms with van der Waals surface area (Å²) in [6.07, 6.45) is 0.733. The van der Waals surface area contributed by atoms with Crippen molar-refractivity contribution in [3.05, 3.63) is 56.8 Å². The number of halogens is 2. The molecule has 1 amide bonds. The van der Waals surface area contributed by atoms with Crippen molar-refractivity contribution >= 4 is 39.1 Å². The van der Waals surface area contributed by atoms with Gasteiger partial charge in [0, 0.05) is 21.4 Å². The van der Waals surface area contributed by atoms with Crippen molar-refractivity contribution in [1.82, 2.24) is 4.98 Å². The molecule has 0 atom stereocenters. The Hall–Kier alpha value is -1.39. The molecule has 0 fully saturated rings. The number of aromatic nitrogens is 1. The first-order valence-corrected chi connectivity index (χ1v) is 7.40. The first-order chi connectivity index (χ1) is 9.49. The van der Waals surface area contributed by atoms with Crippen LogP contribution in [0.15, 0.2) is 34.8 Å². The van der Waals surface area contributed by atoms with E-state index < -0.39 is 0 Å². The zero-order valence-corrected chi connectivity index (χ0v) is 13.5. The Kier molecular flexibility index (Phi) is 4.78. The highest BCUT2D eigenvalue weighted by molar-refractivity contribution is 9.10. The molecule has 20 heavy (non-hydrogen) atoms. The van der Waals surface area contributed by atoms with Gasteiger partial charge in [-0.25, -0.2) is 4.98 Å². The number of carbonyl (C=O) groups excluding carboxylic acids is 1. The molecule has 1 heterocycles. The van der Waals surface area contributed by atoms with Gasteiger partial charge in [0.05, 0.1) is 0 Å². The van der Waals surface area contributed by atoms with Gasteiger partial charge in [-0.15, -0.1) is 0 Å². The Bertz CT molecular complexity index is 658. The Morgan fingerprint density at radius 1 is 1.35 bits per heavy atom. The molecule has 0 bridgehead atoms. The van der Waals surface area contributed by atoms with Crippen LogP contribution in [0.25, 0.3) is 0 Å². The van der Waals surface area contributed by atoms with E-state index in [0.29, 0.717) is 10.7 Å². The van der Waals surface area contributed by atoms with E-state index in [1.54, 1.807) is 12.1 Å². The summed E-state index contributed by atoms with van der Waals surface area (Å²) in [6.45, 7) is 3.96. The maximum Gasteiger partial charge on any atom is 0.255 e. The fourth-order valence-corrected chi connectivity index (χ4v) is 2.34. The van der Waals surface area contributed by atoms with Gasteiger partial charge in [-0.2, -0.15) is 0 Å². The summed E-state index contributed by atoms with van der Waals surface area (Å²) in [7, 11) is 0. The third-order valence-electron chi connectivity index (χ3n) is 2.90. The topological polar surface area (TPSA) is 42.0 Å². The SMILES string of the molecule is CCc1cc(C(=O)Nc2ccc(C)c(Br)c2)cc(Cl)n1. The van der Waals surface area contributed by atoms with Crippen LogP contribution in [0.1, 0.15) is 28.5 Å². The first-order valence-electron chi connectivity index (χ1n) is 6.23. The van der Waals surface area contributed by atoms with E-state index in [-0.39, 0.29) is 5.91 Å². The fourth-order valence-electron chi connectivity index (χ4n) is 1.74. The van der Waals surface area contributed by atoms with Crippen LogP contribution in [0.5, 0.6) is 0 Å². The number of amides is 1. The first kappa shape index (κ1) is 15.0. The molecule has 1 aromatic carbocycles. The standard InChI is InChI=1S/C15H14BrClN2O/c1-3-11-6-10(7-14(17)18-11)15(20)19-12-5-4-9(2)13(16)8-12/h4-8H,3H2,1-2H3,(H,19,20). The average Bonchev–Trinajstić information content (AvgIpc) is 2.42. The molecule has 0 unspecified atom stereocenters. The maximum atomic E-state index is 12.2. The van der Waals surface area contributed by atoms with Gasteiger partial charge in [0.1, 0.15) is 5.15 Å². The minimum absolute atomic E-state index is 0.195. The van der Waals surface area contributed by atoms with Crippen molar-refractivity contribution < 1.29 is 4.79 Å². The van der Waals surface area contributed by atoms with Gasteiger partial charge in [0.15, 0.2) is 0 Å². The highest BCUT2D eigenvalue weighted by atomic mass is 79.9. The number of carbonyl (C=O) groups is 1. The number of hydrogen-bond acceptors (Lipinski definition) is 2. The molecule has 0 spiro atoms. The van der Waals surface area contributed by atoms with Crippen LogP contribution in [-0.4, -0.2) is 10.9 Å². The highest BCUT2D eigenvalue weighted by Crippen LogP contribution is 2.21. The zero-order chi connectivity index (χ0) is 14.7. The number of nitrogens with one attached hydrogen (secondary N) is 1. The van der Waals surface area contributed by atoms with Crippen LogP contribution in [0.4, 0.5) is 5.69 Å². The van der Waals surface area contributed by atoms with Crippen molar-refractivity contribution in [2.45, 2.75) is 20.3 Å². The summed E-state index contributed by atoms with van der Waals surface area (Å²) in [5.41, 5.74) is 3.16. The third-order valence-corrected chi connectivity index (χ3v) is 3.95. The lowest BCUT2D eigenvalue weighted by Crippen LogP contribution is -2.12. The molecule has 5 heteroatoms. The molecule has 1 N–H and O–H groups in total. The van der Waals surface area contributed by atoms with Crippen LogP contribution >= 0.6 is 27.5 Å².